The maximum atomic E-state index is 12.3. The van der Waals surface area contributed by atoms with Gasteiger partial charge in [-0.15, -0.1) is 11.3 Å². The minimum Gasteiger partial charge on any atom is -0.319 e. The van der Waals surface area contributed by atoms with Crippen molar-refractivity contribution in [1.29, 1.82) is 0 Å². The summed E-state index contributed by atoms with van der Waals surface area (Å²) < 4.78 is 0. The number of hydrogen-bond donors (Lipinski definition) is 1. The molecule has 0 fully saturated rings. The minimum absolute atomic E-state index is 0.107. The number of carbonyl (C=O) groups excluding carboxylic acids is 1. The summed E-state index contributed by atoms with van der Waals surface area (Å²) in [4.78, 5) is 25.8. The summed E-state index contributed by atoms with van der Waals surface area (Å²) in [5.74, 6) is -0.270. The van der Waals surface area contributed by atoms with E-state index in [-0.39, 0.29) is 17.3 Å². The first-order chi connectivity index (χ1) is 10.5. The number of anilines is 1. The van der Waals surface area contributed by atoms with Crippen molar-refractivity contribution < 1.29 is 9.72 Å². The Kier molecular flexibility index (Phi) is 5.24. The van der Waals surface area contributed by atoms with Crippen LogP contribution in [0.1, 0.15) is 11.8 Å². The van der Waals surface area contributed by atoms with Gasteiger partial charge in [-0.3, -0.25) is 19.8 Å². The zero-order chi connectivity index (χ0) is 16.1. The van der Waals surface area contributed by atoms with Crippen LogP contribution in [0.5, 0.6) is 0 Å². The van der Waals surface area contributed by atoms with Crippen molar-refractivity contribution in [3.05, 3.63) is 56.8 Å². The number of para-hydroxylation sites is 2. The van der Waals surface area contributed by atoms with Crippen LogP contribution in [0.2, 0.25) is 0 Å². The Morgan fingerprint density at radius 2 is 2.09 bits per heavy atom. The van der Waals surface area contributed by atoms with E-state index in [0.717, 1.165) is 4.88 Å². The van der Waals surface area contributed by atoms with Gasteiger partial charge in [-0.25, -0.2) is 0 Å². The molecule has 1 heterocycles. The summed E-state index contributed by atoms with van der Waals surface area (Å²) in [5, 5.41) is 15.6. The standard InChI is InChI=1S/C15H17N3O3S/c1-11(17(2)10-12-6-5-9-22-12)15(19)16-13-7-3-4-8-14(13)18(20)21/h3-9,11H,10H2,1-2H3,(H,16,19)/t11-/m0/s1. The van der Waals surface area contributed by atoms with Crippen LogP contribution in [0.25, 0.3) is 0 Å². The molecule has 22 heavy (non-hydrogen) atoms. The second kappa shape index (κ2) is 7.15. The van der Waals surface area contributed by atoms with Gasteiger partial charge in [-0.05, 0) is 31.5 Å². The van der Waals surface area contributed by atoms with E-state index in [1.54, 1.807) is 30.4 Å². The minimum atomic E-state index is -0.504. The SMILES string of the molecule is C[C@@H](C(=O)Nc1ccccc1[N+](=O)[O-])N(C)Cc1cccs1. The highest BCUT2D eigenvalue weighted by Crippen LogP contribution is 2.23. The number of likely N-dealkylation sites (N-methyl/N-ethyl adjacent to an activating group) is 1. The molecule has 1 N–H and O–H groups in total. The highest BCUT2D eigenvalue weighted by Gasteiger charge is 2.21. The molecule has 0 saturated carbocycles. The van der Waals surface area contributed by atoms with Crippen LogP contribution in [0.4, 0.5) is 11.4 Å². The molecule has 0 aliphatic carbocycles. The second-order valence-corrected chi connectivity index (χ2v) is 5.97. The van der Waals surface area contributed by atoms with E-state index in [9.17, 15) is 14.9 Å². The van der Waals surface area contributed by atoms with Crippen LogP contribution in [0, 0.1) is 10.1 Å². The smallest absolute Gasteiger partial charge is 0.292 e. The number of carbonyl (C=O) groups is 1. The molecular weight excluding hydrogens is 302 g/mol. The molecular formula is C15H17N3O3S. The Morgan fingerprint density at radius 3 is 2.73 bits per heavy atom. The van der Waals surface area contributed by atoms with Gasteiger partial charge in [0.25, 0.3) is 5.69 Å². The zero-order valence-electron chi connectivity index (χ0n) is 12.4. The number of nitrogens with one attached hydrogen (secondary N) is 1. The topological polar surface area (TPSA) is 75.5 Å². The molecule has 0 bridgehead atoms. The normalized spacial score (nSPS) is 12.1. The van der Waals surface area contributed by atoms with Crippen LogP contribution in [0.15, 0.2) is 41.8 Å². The first-order valence-corrected chi connectivity index (χ1v) is 7.64. The third kappa shape index (κ3) is 3.90. The molecule has 0 unspecified atom stereocenters. The molecule has 1 atom stereocenters. The van der Waals surface area contributed by atoms with Crippen molar-refractivity contribution >= 4 is 28.6 Å². The van der Waals surface area contributed by atoms with Crippen molar-refractivity contribution in [2.45, 2.75) is 19.5 Å². The van der Waals surface area contributed by atoms with Crippen molar-refractivity contribution in [2.75, 3.05) is 12.4 Å². The van der Waals surface area contributed by atoms with Crippen LogP contribution < -0.4 is 5.32 Å². The number of thiophene rings is 1. The van der Waals surface area contributed by atoms with Crippen LogP contribution >= 0.6 is 11.3 Å². The Morgan fingerprint density at radius 1 is 1.36 bits per heavy atom. The quantitative estimate of drug-likeness (QED) is 0.655. The molecule has 0 spiro atoms. The van der Waals surface area contributed by atoms with Crippen molar-refractivity contribution in [3.63, 3.8) is 0 Å². The number of nitro benzene ring substituents is 1. The lowest BCUT2D eigenvalue weighted by molar-refractivity contribution is -0.383. The largest absolute Gasteiger partial charge is 0.319 e. The van der Waals surface area contributed by atoms with Crippen molar-refractivity contribution in [1.82, 2.24) is 4.90 Å². The molecule has 2 rings (SSSR count). The van der Waals surface area contributed by atoms with E-state index in [1.165, 1.54) is 12.1 Å². The van der Waals surface area contributed by atoms with Gasteiger partial charge < -0.3 is 5.32 Å². The maximum absolute atomic E-state index is 12.3. The molecule has 6 nitrogen and oxygen atoms in total. The lowest BCUT2D eigenvalue weighted by Gasteiger charge is -2.23. The Bertz CT molecular complexity index is 658. The number of nitrogens with zero attached hydrogens (tertiary/aromatic N) is 2. The molecule has 1 amide bonds. The van der Waals surface area contributed by atoms with Crippen molar-refractivity contribution in [3.8, 4) is 0 Å². The zero-order valence-corrected chi connectivity index (χ0v) is 13.2. The predicted molar refractivity (Wildman–Crippen MR) is 87.0 cm³/mol. The average molecular weight is 319 g/mol. The summed E-state index contributed by atoms with van der Waals surface area (Å²) in [5.41, 5.74) is 0.109. The van der Waals surface area contributed by atoms with E-state index in [2.05, 4.69) is 5.32 Å². The van der Waals surface area contributed by atoms with Gasteiger partial charge in [-0.2, -0.15) is 0 Å². The predicted octanol–water partition coefficient (Wildman–Crippen LogP) is 3.12. The van der Waals surface area contributed by atoms with Gasteiger partial charge in [0.05, 0.1) is 11.0 Å². The number of amides is 1. The Balaban J connectivity index is 2.04. The molecule has 1 aromatic heterocycles. The number of nitro groups is 1. The lowest BCUT2D eigenvalue weighted by Crippen LogP contribution is -2.39. The van der Waals surface area contributed by atoms with Gasteiger partial charge in [0, 0.05) is 17.5 Å². The van der Waals surface area contributed by atoms with E-state index in [1.807, 2.05) is 29.5 Å². The van der Waals surface area contributed by atoms with Gasteiger partial charge in [-0.1, -0.05) is 18.2 Å². The van der Waals surface area contributed by atoms with Crippen LogP contribution in [-0.4, -0.2) is 28.8 Å². The molecule has 1 aromatic carbocycles. The highest BCUT2D eigenvalue weighted by molar-refractivity contribution is 7.09. The van der Waals surface area contributed by atoms with Gasteiger partial charge in [0.2, 0.25) is 5.91 Å². The molecule has 0 radical (unpaired) electrons. The monoisotopic (exact) mass is 319 g/mol. The van der Waals surface area contributed by atoms with Gasteiger partial charge in [0.1, 0.15) is 5.69 Å². The molecule has 0 aliphatic rings. The molecule has 0 saturated heterocycles. The first kappa shape index (κ1) is 16.1. The maximum Gasteiger partial charge on any atom is 0.292 e. The molecule has 0 aliphatic heterocycles. The summed E-state index contributed by atoms with van der Waals surface area (Å²) in [6, 6.07) is 9.70. The summed E-state index contributed by atoms with van der Waals surface area (Å²) in [7, 11) is 1.85. The fourth-order valence-corrected chi connectivity index (χ4v) is 2.73. The van der Waals surface area contributed by atoms with E-state index in [4.69, 9.17) is 0 Å². The van der Waals surface area contributed by atoms with Gasteiger partial charge >= 0.3 is 0 Å². The highest BCUT2D eigenvalue weighted by atomic mass is 32.1. The first-order valence-electron chi connectivity index (χ1n) is 6.76. The number of rotatable bonds is 6. The van der Waals surface area contributed by atoms with E-state index >= 15 is 0 Å². The summed E-state index contributed by atoms with van der Waals surface area (Å²) in [6.45, 7) is 2.43. The third-order valence-corrected chi connectivity index (χ3v) is 4.25. The van der Waals surface area contributed by atoms with Gasteiger partial charge in [0.15, 0.2) is 0 Å². The summed E-state index contributed by atoms with van der Waals surface area (Å²) in [6.07, 6.45) is 0. The fourth-order valence-electron chi connectivity index (χ4n) is 1.96. The Labute approximate surface area is 132 Å². The van der Waals surface area contributed by atoms with Crippen LogP contribution in [0.3, 0.4) is 0 Å². The third-order valence-electron chi connectivity index (χ3n) is 3.38. The van der Waals surface area contributed by atoms with Crippen LogP contribution in [-0.2, 0) is 11.3 Å². The average Bonchev–Trinajstić information content (AvgIpc) is 2.99. The fraction of sp³-hybridized carbons (Fsp3) is 0.267. The lowest BCUT2D eigenvalue weighted by atomic mass is 10.2. The molecule has 2 aromatic rings. The van der Waals surface area contributed by atoms with Crippen molar-refractivity contribution in [2.24, 2.45) is 0 Å². The molecule has 7 heteroatoms. The Hall–Kier alpha value is -2.25. The summed E-state index contributed by atoms with van der Waals surface area (Å²) >= 11 is 1.63. The molecule has 116 valence electrons. The van der Waals surface area contributed by atoms with E-state index < -0.39 is 11.0 Å². The number of benzene rings is 1. The second-order valence-electron chi connectivity index (χ2n) is 4.93. The number of hydrogen-bond acceptors (Lipinski definition) is 5. The van der Waals surface area contributed by atoms with E-state index in [0.29, 0.717) is 6.54 Å².